The molecule has 1 fully saturated rings. The standard InChI is InChI=1S/C20H33N3O2/c1-5-22-8-10-23(11-9-22)14-17(3)13-21-20(24)15-25-19-12-16(2)6-7-18(19)4/h6-7,12,17H,5,8-11,13-15H2,1-4H3,(H,21,24)/t17-/m0/s1. The molecule has 1 aliphatic rings. The van der Waals surface area contributed by atoms with Crippen molar-refractivity contribution in [2.24, 2.45) is 5.92 Å². The van der Waals surface area contributed by atoms with Crippen molar-refractivity contribution >= 4 is 5.91 Å². The molecule has 1 amide bonds. The number of aryl methyl sites for hydroxylation is 2. The maximum Gasteiger partial charge on any atom is 0.257 e. The molecule has 25 heavy (non-hydrogen) atoms. The molecule has 0 radical (unpaired) electrons. The Morgan fingerprint density at radius 3 is 2.56 bits per heavy atom. The molecule has 1 aromatic rings. The third-order valence-corrected chi connectivity index (χ3v) is 4.83. The summed E-state index contributed by atoms with van der Waals surface area (Å²) in [5.41, 5.74) is 2.19. The number of nitrogens with zero attached hydrogens (tertiary/aromatic N) is 2. The molecular formula is C20H33N3O2. The number of amides is 1. The number of benzene rings is 1. The van der Waals surface area contributed by atoms with E-state index in [1.807, 2.05) is 32.0 Å². The summed E-state index contributed by atoms with van der Waals surface area (Å²) in [4.78, 5) is 17.0. The highest BCUT2D eigenvalue weighted by molar-refractivity contribution is 5.77. The molecule has 0 bridgehead atoms. The summed E-state index contributed by atoms with van der Waals surface area (Å²) in [5.74, 6) is 1.18. The average Bonchev–Trinajstić information content (AvgIpc) is 2.61. The lowest BCUT2D eigenvalue weighted by atomic mass is 10.1. The van der Waals surface area contributed by atoms with Crippen molar-refractivity contribution in [1.29, 1.82) is 0 Å². The Morgan fingerprint density at radius 1 is 1.20 bits per heavy atom. The summed E-state index contributed by atoms with van der Waals surface area (Å²) in [6.45, 7) is 15.9. The SMILES string of the molecule is CCN1CCN(C[C@@H](C)CNC(=O)COc2cc(C)ccc2C)CC1. The Balaban J connectivity index is 1.65. The van der Waals surface area contributed by atoms with Gasteiger partial charge in [-0.15, -0.1) is 0 Å². The minimum Gasteiger partial charge on any atom is -0.483 e. The smallest absolute Gasteiger partial charge is 0.257 e. The summed E-state index contributed by atoms with van der Waals surface area (Å²) in [5, 5.41) is 3.00. The Bertz CT molecular complexity index is 554. The molecule has 5 nitrogen and oxygen atoms in total. The van der Waals surface area contributed by atoms with Gasteiger partial charge in [0.15, 0.2) is 6.61 Å². The number of carbonyl (C=O) groups excluding carboxylic acids is 1. The van der Waals surface area contributed by atoms with E-state index in [-0.39, 0.29) is 12.5 Å². The van der Waals surface area contributed by atoms with Gasteiger partial charge in [-0.2, -0.15) is 0 Å². The number of nitrogens with one attached hydrogen (secondary N) is 1. The van der Waals surface area contributed by atoms with Gasteiger partial charge in [0.05, 0.1) is 0 Å². The van der Waals surface area contributed by atoms with Gasteiger partial charge in [0.1, 0.15) is 5.75 Å². The number of ether oxygens (including phenoxy) is 1. The summed E-state index contributed by atoms with van der Waals surface area (Å²) in [6.07, 6.45) is 0. The number of rotatable bonds is 8. The van der Waals surface area contributed by atoms with Crippen LogP contribution in [0.15, 0.2) is 18.2 Å². The molecule has 2 rings (SSSR count). The lowest BCUT2D eigenvalue weighted by Gasteiger charge is -2.35. The zero-order valence-corrected chi connectivity index (χ0v) is 16.2. The van der Waals surface area contributed by atoms with Crippen LogP contribution < -0.4 is 10.1 Å². The zero-order valence-electron chi connectivity index (χ0n) is 16.2. The highest BCUT2D eigenvalue weighted by Gasteiger charge is 2.17. The van der Waals surface area contributed by atoms with E-state index < -0.39 is 0 Å². The van der Waals surface area contributed by atoms with E-state index in [0.717, 1.165) is 56.1 Å². The molecule has 140 valence electrons. The number of hydrogen-bond acceptors (Lipinski definition) is 4. The van der Waals surface area contributed by atoms with E-state index in [1.54, 1.807) is 0 Å². The van der Waals surface area contributed by atoms with Crippen molar-refractivity contribution in [3.8, 4) is 5.75 Å². The van der Waals surface area contributed by atoms with Gasteiger partial charge >= 0.3 is 0 Å². The first-order valence-corrected chi connectivity index (χ1v) is 9.39. The van der Waals surface area contributed by atoms with E-state index in [2.05, 4.69) is 29.0 Å². The quantitative estimate of drug-likeness (QED) is 0.782. The van der Waals surface area contributed by atoms with Gasteiger partial charge in [-0.05, 0) is 43.5 Å². The first kappa shape index (κ1) is 19.7. The number of carbonyl (C=O) groups is 1. The predicted molar refractivity (Wildman–Crippen MR) is 102 cm³/mol. The summed E-state index contributed by atoms with van der Waals surface area (Å²) in [7, 11) is 0. The van der Waals surface area contributed by atoms with Crippen molar-refractivity contribution in [1.82, 2.24) is 15.1 Å². The van der Waals surface area contributed by atoms with Crippen molar-refractivity contribution in [3.63, 3.8) is 0 Å². The summed E-state index contributed by atoms with van der Waals surface area (Å²) in [6, 6.07) is 6.04. The van der Waals surface area contributed by atoms with Crippen LogP contribution >= 0.6 is 0 Å². The molecule has 5 heteroatoms. The molecule has 0 aliphatic carbocycles. The second-order valence-corrected chi connectivity index (χ2v) is 7.20. The van der Waals surface area contributed by atoms with Gasteiger partial charge in [0, 0.05) is 39.3 Å². The van der Waals surface area contributed by atoms with Gasteiger partial charge in [-0.3, -0.25) is 4.79 Å². The first-order valence-electron chi connectivity index (χ1n) is 9.39. The Labute approximate surface area is 152 Å². The van der Waals surface area contributed by atoms with E-state index in [0.29, 0.717) is 12.5 Å². The van der Waals surface area contributed by atoms with Crippen molar-refractivity contribution in [2.75, 3.05) is 52.4 Å². The third kappa shape index (κ3) is 6.67. The molecule has 1 atom stereocenters. The Kier molecular flexibility index (Phi) is 7.72. The van der Waals surface area contributed by atoms with E-state index in [9.17, 15) is 4.79 Å². The summed E-state index contributed by atoms with van der Waals surface area (Å²) < 4.78 is 5.66. The minimum absolute atomic E-state index is 0.0523. The topological polar surface area (TPSA) is 44.8 Å². The fourth-order valence-electron chi connectivity index (χ4n) is 3.14. The second-order valence-electron chi connectivity index (χ2n) is 7.20. The van der Waals surface area contributed by atoms with Crippen molar-refractivity contribution < 1.29 is 9.53 Å². The number of piperazine rings is 1. The van der Waals surface area contributed by atoms with Crippen LogP contribution in [0.1, 0.15) is 25.0 Å². The number of hydrogen-bond donors (Lipinski definition) is 1. The van der Waals surface area contributed by atoms with Crippen LogP contribution in [0.3, 0.4) is 0 Å². The van der Waals surface area contributed by atoms with Gasteiger partial charge in [0.25, 0.3) is 5.91 Å². The Hall–Kier alpha value is -1.59. The molecule has 1 aromatic carbocycles. The Morgan fingerprint density at radius 2 is 1.88 bits per heavy atom. The fourth-order valence-corrected chi connectivity index (χ4v) is 3.14. The van der Waals surface area contributed by atoms with Crippen LogP contribution in [0.25, 0.3) is 0 Å². The number of likely N-dealkylation sites (N-methyl/N-ethyl adjacent to an activating group) is 1. The first-order chi connectivity index (χ1) is 12.0. The second kappa shape index (κ2) is 9.78. The minimum atomic E-state index is -0.0523. The van der Waals surface area contributed by atoms with E-state index >= 15 is 0 Å². The fraction of sp³-hybridized carbons (Fsp3) is 0.650. The molecular weight excluding hydrogens is 314 g/mol. The molecule has 1 saturated heterocycles. The molecule has 0 spiro atoms. The highest BCUT2D eigenvalue weighted by atomic mass is 16.5. The molecule has 0 unspecified atom stereocenters. The van der Waals surface area contributed by atoms with Gasteiger partial charge in [0.2, 0.25) is 0 Å². The normalized spacial score (nSPS) is 17.3. The highest BCUT2D eigenvalue weighted by Crippen LogP contribution is 2.18. The maximum absolute atomic E-state index is 12.0. The van der Waals surface area contributed by atoms with Crippen LogP contribution in [0.4, 0.5) is 0 Å². The maximum atomic E-state index is 12.0. The van der Waals surface area contributed by atoms with Crippen LogP contribution in [-0.2, 0) is 4.79 Å². The molecule has 1 aliphatic heterocycles. The summed E-state index contributed by atoms with van der Waals surface area (Å²) >= 11 is 0. The largest absolute Gasteiger partial charge is 0.483 e. The molecule has 1 heterocycles. The lowest BCUT2D eigenvalue weighted by molar-refractivity contribution is -0.123. The lowest BCUT2D eigenvalue weighted by Crippen LogP contribution is -2.48. The van der Waals surface area contributed by atoms with Crippen LogP contribution in [0, 0.1) is 19.8 Å². The third-order valence-electron chi connectivity index (χ3n) is 4.83. The van der Waals surface area contributed by atoms with Crippen LogP contribution in [-0.4, -0.2) is 68.1 Å². The molecule has 1 N–H and O–H groups in total. The average molecular weight is 348 g/mol. The van der Waals surface area contributed by atoms with Gasteiger partial charge < -0.3 is 19.9 Å². The van der Waals surface area contributed by atoms with Crippen LogP contribution in [0.2, 0.25) is 0 Å². The zero-order chi connectivity index (χ0) is 18.2. The van der Waals surface area contributed by atoms with Gasteiger partial charge in [-0.25, -0.2) is 0 Å². The van der Waals surface area contributed by atoms with Crippen molar-refractivity contribution in [3.05, 3.63) is 29.3 Å². The van der Waals surface area contributed by atoms with Gasteiger partial charge in [-0.1, -0.05) is 26.0 Å². The predicted octanol–water partition coefficient (Wildman–Crippen LogP) is 2.07. The van der Waals surface area contributed by atoms with E-state index in [1.165, 1.54) is 0 Å². The monoisotopic (exact) mass is 347 g/mol. The van der Waals surface area contributed by atoms with Crippen LogP contribution in [0.5, 0.6) is 5.75 Å². The van der Waals surface area contributed by atoms with Crippen molar-refractivity contribution in [2.45, 2.75) is 27.7 Å². The van der Waals surface area contributed by atoms with E-state index in [4.69, 9.17) is 4.74 Å². The molecule has 0 saturated carbocycles. The molecule has 0 aromatic heterocycles.